The third kappa shape index (κ3) is 3.86. The Balaban J connectivity index is 2.45. The van der Waals surface area contributed by atoms with E-state index >= 15 is 0 Å². The molecule has 2 atom stereocenters. The maximum atomic E-state index is 14.5. The summed E-state index contributed by atoms with van der Waals surface area (Å²) < 4.78 is 30.5. The molecule has 1 aliphatic heterocycles. The van der Waals surface area contributed by atoms with Crippen LogP contribution in [0.2, 0.25) is 0 Å². The Morgan fingerprint density at radius 1 is 1.48 bits per heavy atom. The molecule has 128 valence electrons. The average molecular weight is 389 g/mol. The van der Waals surface area contributed by atoms with Crippen molar-refractivity contribution in [1.82, 2.24) is 0 Å². The zero-order valence-corrected chi connectivity index (χ0v) is 15.2. The van der Waals surface area contributed by atoms with Crippen molar-refractivity contribution < 1.29 is 23.4 Å². The molecular formula is C17H22BrFO4. The number of hydrogen-bond acceptors (Lipinski definition) is 4. The lowest BCUT2D eigenvalue weighted by molar-refractivity contribution is -0.142. The first-order valence-corrected chi connectivity index (χ1v) is 8.67. The molecule has 23 heavy (non-hydrogen) atoms. The van der Waals surface area contributed by atoms with Crippen LogP contribution in [0.4, 0.5) is 4.39 Å². The lowest BCUT2D eigenvalue weighted by Gasteiger charge is -2.35. The second kappa shape index (κ2) is 7.62. The predicted octanol–water partition coefficient (Wildman–Crippen LogP) is 4.25. The Bertz CT molecular complexity index is 570. The maximum Gasteiger partial charge on any atom is 0.324 e. The van der Waals surface area contributed by atoms with Gasteiger partial charge >= 0.3 is 5.97 Å². The van der Waals surface area contributed by atoms with Gasteiger partial charge in [0.05, 0.1) is 19.3 Å². The highest BCUT2D eigenvalue weighted by Gasteiger charge is 2.33. The normalized spacial score (nSPS) is 22.5. The number of benzene rings is 1. The van der Waals surface area contributed by atoms with Gasteiger partial charge in [-0.2, -0.15) is 0 Å². The van der Waals surface area contributed by atoms with E-state index in [-0.39, 0.29) is 12.4 Å². The third-order valence-corrected chi connectivity index (χ3v) is 4.99. The SMILES string of the molecule is CCOC(=O)C(Br)c1cc(C2(C)CCCCO2)cc(F)c1OC. The molecular weight excluding hydrogens is 367 g/mol. The van der Waals surface area contributed by atoms with Crippen molar-refractivity contribution in [2.75, 3.05) is 20.3 Å². The van der Waals surface area contributed by atoms with Crippen LogP contribution < -0.4 is 4.74 Å². The summed E-state index contributed by atoms with van der Waals surface area (Å²) in [6, 6.07) is 3.20. The van der Waals surface area contributed by atoms with Crippen LogP contribution in [0, 0.1) is 5.82 Å². The Morgan fingerprint density at radius 2 is 2.22 bits per heavy atom. The quantitative estimate of drug-likeness (QED) is 0.558. The molecule has 0 aliphatic carbocycles. The fraction of sp³-hybridized carbons (Fsp3) is 0.588. The van der Waals surface area contributed by atoms with Gasteiger partial charge in [0, 0.05) is 12.2 Å². The highest BCUT2D eigenvalue weighted by molar-refractivity contribution is 9.09. The molecule has 1 fully saturated rings. The van der Waals surface area contributed by atoms with Crippen LogP contribution in [0.3, 0.4) is 0 Å². The van der Waals surface area contributed by atoms with Crippen molar-refractivity contribution >= 4 is 21.9 Å². The summed E-state index contributed by atoms with van der Waals surface area (Å²) in [6.45, 7) is 4.58. The first kappa shape index (κ1) is 18.2. The number of carbonyl (C=O) groups excluding carboxylic acids is 1. The highest BCUT2D eigenvalue weighted by Crippen LogP contribution is 2.41. The number of methoxy groups -OCH3 is 1. The summed E-state index contributed by atoms with van der Waals surface area (Å²) in [5, 5.41) is 0. The van der Waals surface area contributed by atoms with Crippen LogP contribution in [0.25, 0.3) is 0 Å². The predicted molar refractivity (Wildman–Crippen MR) is 88.4 cm³/mol. The Labute approximate surface area is 144 Å². The van der Waals surface area contributed by atoms with Crippen molar-refractivity contribution in [2.45, 2.75) is 43.5 Å². The van der Waals surface area contributed by atoms with E-state index in [1.54, 1.807) is 13.0 Å². The van der Waals surface area contributed by atoms with Crippen molar-refractivity contribution in [1.29, 1.82) is 0 Å². The van der Waals surface area contributed by atoms with E-state index in [2.05, 4.69) is 15.9 Å². The van der Waals surface area contributed by atoms with Crippen LogP contribution in [0.1, 0.15) is 49.1 Å². The zero-order valence-electron chi connectivity index (χ0n) is 13.7. The molecule has 0 N–H and O–H groups in total. The van der Waals surface area contributed by atoms with Gasteiger partial charge in [-0.15, -0.1) is 0 Å². The van der Waals surface area contributed by atoms with Gasteiger partial charge in [0.2, 0.25) is 0 Å². The van der Waals surface area contributed by atoms with Crippen molar-refractivity contribution in [2.24, 2.45) is 0 Å². The Hall–Kier alpha value is -1.14. The Morgan fingerprint density at radius 3 is 2.78 bits per heavy atom. The number of ether oxygens (including phenoxy) is 3. The van der Waals surface area contributed by atoms with Gasteiger partial charge in [-0.25, -0.2) is 4.39 Å². The molecule has 1 heterocycles. The van der Waals surface area contributed by atoms with Gasteiger partial charge < -0.3 is 14.2 Å². The van der Waals surface area contributed by atoms with Crippen molar-refractivity contribution in [3.05, 3.63) is 29.1 Å². The molecule has 4 nitrogen and oxygen atoms in total. The minimum atomic E-state index is -0.793. The largest absolute Gasteiger partial charge is 0.493 e. The average Bonchev–Trinajstić information content (AvgIpc) is 2.54. The molecule has 1 saturated heterocycles. The molecule has 2 rings (SSSR count). The number of alkyl halides is 1. The lowest BCUT2D eigenvalue weighted by atomic mass is 9.86. The van der Waals surface area contributed by atoms with E-state index in [4.69, 9.17) is 14.2 Å². The fourth-order valence-corrected chi connectivity index (χ4v) is 3.30. The van der Waals surface area contributed by atoms with Crippen LogP contribution in [-0.2, 0) is 19.9 Å². The third-order valence-electron chi connectivity index (χ3n) is 4.12. The fourth-order valence-electron chi connectivity index (χ4n) is 2.83. The van der Waals surface area contributed by atoms with Gasteiger partial charge in [-0.05, 0) is 50.8 Å². The summed E-state index contributed by atoms with van der Waals surface area (Å²) in [5.41, 5.74) is 0.567. The molecule has 1 aliphatic rings. The van der Waals surface area contributed by atoms with Crippen LogP contribution in [-0.4, -0.2) is 26.3 Å². The summed E-state index contributed by atoms with van der Waals surface area (Å²) in [6.07, 6.45) is 2.84. The molecule has 1 aromatic rings. The lowest BCUT2D eigenvalue weighted by Crippen LogP contribution is -2.30. The molecule has 2 unspecified atom stereocenters. The molecule has 0 radical (unpaired) electrons. The molecule has 0 amide bonds. The van der Waals surface area contributed by atoms with E-state index in [0.717, 1.165) is 19.3 Å². The molecule has 0 aromatic heterocycles. The molecule has 0 saturated carbocycles. The molecule has 0 spiro atoms. The topological polar surface area (TPSA) is 44.8 Å². The molecule has 6 heteroatoms. The van der Waals surface area contributed by atoms with Gasteiger partial charge in [0.15, 0.2) is 11.6 Å². The van der Waals surface area contributed by atoms with Crippen LogP contribution in [0.5, 0.6) is 5.75 Å². The van der Waals surface area contributed by atoms with Gasteiger partial charge in [0.25, 0.3) is 0 Å². The molecule has 0 bridgehead atoms. The minimum absolute atomic E-state index is 0.0445. The monoisotopic (exact) mass is 388 g/mol. The van der Waals surface area contributed by atoms with E-state index in [1.165, 1.54) is 13.2 Å². The van der Waals surface area contributed by atoms with E-state index in [9.17, 15) is 9.18 Å². The van der Waals surface area contributed by atoms with Gasteiger partial charge in [-0.1, -0.05) is 15.9 Å². The van der Waals surface area contributed by atoms with E-state index in [0.29, 0.717) is 17.7 Å². The smallest absolute Gasteiger partial charge is 0.324 e. The second-order valence-electron chi connectivity index (χ2n) is 5.73. The zero-order chi connectivity index (χ0) is 17.0. The minimum Gasteiger partial charge on any atom is -0.493 e. The summed E-state index contributed by atoms with van der Waals surface area (Å²) in [5.74, 6) is -0.940. The van der Waals surface area contributed by atoms with Gasteiger partial charge in [0.1, 0.15) is 4.83 Å². The summed E-state index contributed by atoms with van der Waals surface area (Å²) in [7, 11) is 1.38. The highest BCUT2D eigenvalue weighted by atomic mass is 79.9. The summed E-state index contributed by atoms with van der Waals surface area (Å²) in [4.78, 5) is 11.2. The summed E-state index contributed by atoms with van der Waals surface area (Å²) >= 11 is 3.29. The van der Waals surface area contributed by atoms with E-state index < -0.39 is 22.2 Å². The van der Waals surface area contributed by atoms with Crippen LogP contribution >= 0.6 is 15.9 Å². The maximum absolute atomic E-state index is 14.5. The number of esters is 1. The number of halogens is 2. The van der Waals surface area contributed by atoms with Crippen LogP contribution in [0.15, 0.2) is 12.1 Å². The second-order valence-corrected chi connectivity index (χ2v) is 6.65. The number of rotatable bonds is 5. The van der Waals surface area contributed by atoms with Gasteiger partial charge in [-0.3, -0.25) is 4.79 Å². The number of hydrogen-bond donors (Lipinski definition) is 0. The standard InChI is InChI=1S/C17H22BrFO4/c1-4-22-16(20)14(18)12-9-11(10-13(19)15(12)21-3)17(2)7-5-6-8-23-17/h9-10,14H,4-8H2,1-3H3. The van der Waals surface area contributed by atoms with E-state index in [1.807, 2.05) is 6.92 Å². The number of carbonyl (C=O) groups is 1. The molecule has 1 aromatic carbocycles. The first-order valence-electron chi connectivity index (χ1n) is 7.75. The van der Waals surface area contributed by atoms with Crippen molar-refractivity contribution in [3.8, 4) is 5.75 Å². The first-order chi connectivity index (χ1) is 10.9. The van der Waals surface area contributed by atoms with Crippen molar-refractivity contribution in [3.63, 3.8) is 0 Å². The Kier molecular flexibility index (Phi) is 6.03.